The van der Waals surface area contributed by atoms with Gasteiger partial charge < -0.3 is 14.4 Å². The number of nitrogens with zero attached hydrogens (tertiary/aromatic N) is 2. The summed E-state index contributed by atoms with van der Waals surface area (Å²) in [6.45, 7) is 1.98. The molecule has 0 amide bonds. The summed E-state index contributed by atoms with van der Waals surface area (Å²) < 4.78 is 9.96. The standard InChI is InChI=1S/C8H14N2O3/c1-6(12-2)8-9-7(13-10-8)4-3-5-11/h6,11H,3-5H2,1-2H3. The molecule has 1 rings (SSSR count). The average molecular weight is 186 g/mol. The van der Waals surface area contributed by atoms with Crippen molar-refractivity contribution in [3.63, 3.8) is 0 Å². The van der Waals surface area contributed by atoms with E-state index in [-0.39, 0.29) is 12.7 Å². The number of aliphatic hydroxyl groups excluding tert-OH is 1. The molecule has 0 bridgehead atoms. The Balaban J connectivity index is 2.53. The minimum Gasteiger partial charge on any atom is -0.396 e. The van der Waals surface area contributed by atoms with Crippen LogP contribution in [0.2, 0.25) is 0 Å². The summed E-state index contributed by atoms with van der Waals surface area (Å²) >= 11 is 0. The number of rotatable bonds is 5. The van der Waals surface area contributed by atoms with E-state index in [1.165, 1.54) is 0 Å². The third-order valence-electron chi connectivity index (χ3n) is 1.75. The van der Waals surface area contributed by atoms with Gasteiger partial charge in [0, 0.05) is 20.1 Å². The van der Waals surface area contributed by atoms with E-state index in [0.29, 0.717) is 24.6 Å². The largest absolute Gasteiger partial charge is 0.396 e. The van der Waals surface area contributed by atoms with Crippen LogP contribution in [0.1, 0.15) is 31.2 Å². The van der Waals surface area contributed by atoms with Gasteiger partial charge >= 0.3 is 0 Å². The molecule has 0 radical (unpaired) electrons. The first kappa shape index (κ1) is 10.1. The van der Waals surface area contributed by atoms with Crippen molar-refractivity contribution in [2.45, 2.75) is 25.9 Å². The lowest BCUT2D eigenvalue weighted by atomic mass is 10.3. The molecule has 1 aromatic heterocycles. The summed E-state index contributed by atoms with van der Waals surface area (Å²) in [6, 6.07) is 0. The molecule has 0 saturated carbocycles. The Bertz CT molecular complexity index is 249. The normalized spacial score (nSPS) is 13.2. The lowest BCUT2D eigenvalue weighted by Crippen LogP contribution is -1.98. The van der Waals surface area contributed by atoms with Crippen LogP contribution in [0.3, 0.4) is 0 Å². The highest BCUT2D eigenvalue weighted by Gasteiger charge is 2.11. The molecule has 0 aromatic carbocycles. The van der Waals surface area contributed by atoms with E-state index in [0.717, 1.165) is 0 Å². The smallest absolute Gasteiger partial charge is 0.226 e. The molecular weight excluding hydrogens is 172 g/mol. The minimum atomic E-state index is -0.147. The zero-order valence-electron chi connectivity index (χ0n) is 7.86. The first-order valence-electron chi connectivity index (χ1n) is 4.24. The Morgan fingerprint density at radius 3 is 3.00 bits per heavy atom. The Morgan fingerprint density at radius 2 is 2.38 bits per heavy atom. The molecule has 1 N–H and O–H groups in total. The number of methoxy groups -OCH3 is 1. The zero-order chi connectivity index (χ0) is 9.68. The Kier molecular flexibility index (Phi) is 3.85. The topological polar surface area (TPSA) is 68.4 Å². The maximum atomic E-state index is 8.58. The van der Waals surface area contributed by atoms with E-state index in [2.05, 4.69) is 10.1 Å². The number of aryl methyl sites for hydroxylation is 1. The molecule has 74 valence electrons. The molecule has 1 unspecified atom stereocenters. The molecule has 1 atom stereocenters. The van der Waals surface area contributed by atoms with Crippen molar-refractivity contribution in [2.75, 3.05) is 13.7 Å². The lowest BCUT2D eigenvalue weighted by Gasteiger charge is -2.00. The van der Waals surface area contributed by atoms with Gasteiger partial charge in [-0.3, -0.25) is 0 Å². The van der Waals surface area contributed by atoms with E-state index < -0.39 is 0 Å². The Labute approximate surface area is 76.7 Å². The second-order valence-corrected chi connectivity index (χ2v) is 2.75. The summed E-state index contributed by atoms with van der Waals surface area (Å²) in [6.07, 6.45) is 1.11. The van der Waals surface area contributed by atoms with Crippen molar-refractivity contribution in [3.8, 4) is 0 Å². The predicted octanol–water partition coefficient (Wildman–Crippen LogP) is 0.702. The maximum absolute atomic E-state index is 8.58. The van der Waals surface area contributed by atoms with Crippen molar-refractivity contribution in [1.82, 2.24) is 10.1 Å². The van der Waals surface area contributed by atoms with Gasteiger partial charge in [0.25, 0.3) is 0 Å². The quantitative estimate of drug-likeness (QED) is 0.733. The fourth-order valence-corrected chi connectivity index (χ4v) is 0.870. The summed E-state index contributed by atoms with van der Waals surface area (Å²) in [5.74, 6) is 1.10. The van der Waals surface area contributed by atoms with Crippen LogP contribution < -0.4 is 0 Å². The van der Waals surface area contributed by atoms with E-state index in [1.807, 2.05) is 6.92 Å². The van der Waals surface area contributed by atoms with Gasteiger partial charge in [-0.2, -0.15) is 4.98 Å². The summed E-state index contributed by atoms with van der Waals surface area (Å²) in [5.41, 5.74) is 0. The zero-order valence-corrected chi connectivity index (χ0v) is 7.86. The number of aromatic nitrogens is 2. The van der Waals surface area contributed by atoms with Crippen LogP contribution in [-0.2, 0) is 11.2 Å². The number of hydrogen-bond donors (Lipinski definition) is 1. The van der Waals surface area contributed by atoms with E-state index >= 15 is 0 Å². The van der Waals surface area contributed by atoms with Crippen LogP contribution in [-0.4, -0.2) is 29.0 Å². The fourth-order valence-electron chi connectivity index (χ4n) is 0.870. The third-order valence-corrected chi connectivity index (χ3v) is 1.75. The molecule has 1 aromatic rings. The monoisotopic (exact) mass is 186 g/mol. The van der Waals surface area contributed by atoms with Gasteiger partial charge in [-0.25, -0.2) is 0 Å². The van der Waals surface area contributed by atoms with Crippen molar-refractivity contribution in [1.29, 1.82) is 0 Å². The summed E-state index contributed by atoms with van der Waals surface area (Å²) in [4.78, 5) is 4.10. The van der Waals surface area contributed by atoms with Crippen molar-refractivity contribution >= 4 is 0 Å². The second kappa shape index (κ2) is 4.94. The van der Waals surface area contributed by atoms with Crippen LogP contribution in [0.25, 0.3) is 0 Å². The molecule has 5 nitrogen and oxygen atoms in total. The van der Waals surface area contributed by atoms with E-state index in [1.54, 1.807) is 7.11 Å². The van der Waals surface area contributed by atoms with E-state index in [4.69, 9.17) is 14.4 Å². The molecule has 0 fully saturated rings. The van der Waals surface area contributed by atoms with Gasteiger partial charge in [0.05, 0.1) is 0 Å². The van der Waals surface area contributed by atoms with Gasteiger partial charge in [-0.1, -0.05) is 5.16 Å². The predicted molar refractivity (Wildman–Crippen MR) is 45.1 cm³/mol. The van der Waals surface area contributed by atoms with Gasteiger partial charge in [0.2, 0.25) is 5.89 Å². The Morgan fingerprint density at radius 1 is 1.62 bits per heavy atom. The Hall–Kier alpha value is -0.940. The average Bonchev–Trinajstić information content (AvgIpc) is 2.62. The van der Waals surface area contributed by atoms with Gasteiger partial charge in [0.15, 0.2) is 5.82 Å². The lowest BCUT2D eigenvalue weighted by molar-refractivity contribution is 0.109. The third kappa shape index (κ3) is 2.78. The SMILES string of the molecule is COC(C)c1noc(CCCO)n1. The minimum absolute atomic E-state index is 0.136. The van der Waals surface area contributed by atoms with Crippen LogP contribution in [0.4, 0.5) is 0 Å². The van der Waals surface area contributed by atoms with Crippen LogP contribution in [0.15, 0.2) is 4.52 Å². The molecule has 1 heterocycles. The first-order chi connectivity index (χ1) is 6.27. The maximum Gasteiger partial charge on any atom is 0.226 e. The molecule has 5 heteroatoms. The number of hydrogen-bond acceptors (Lipinski definition) is 5. The van der Waals surface area contributed by atoms with Gasteiger partial charge in [0.1, 0.15) is 6.10 Å². The van der Waals surface area contributed by atoms with Crippen molar-refractivity contribution < 1.29 is 14.4 Å². The van der Waals surface area contributed by atoms with Gasteiger partial charge in [-0.15, -0.1) is 0 Å². The molecule has 0 spiro atoms. The highest BCUT2D eigenvalue weighted by molar-refractivity contribution is 4.89. The molecule has 13 heavy (non-hydrogen) atoms. The van der Waals surface area contributed by atoms with Crippen LogP contribution in [0, 0.1) is 0 Å². The highest BCUT2D eigenvalue weighted by Crippen LogP contribution is 2.11. The van der Waals surface area contributed by atoms with Gasteiger partial charge in [-0.05, 0) is 13.3 Å². The molecule has 0 aliphatic carbocycles. The number of aliphatic hydroxyl groups is 1. The molecular formula is C8H14N2O3. The summed E-state index contributed by atoms with van der Waals surface area (Å²) in [5, 5.41) is 12.3. The highest BCUT2D eigenvalue weighted by atomic mass is 16.5. The molecule has 0 aliphatic heterocycles. The van der Waals surface area contributed by atoms with E-state index in [9.17, 15) is 0 Å². The van der Waals surface area contributed by atoms with Crippen LogP contribution in [0.5, 0.6) is 0 Å². The summed E-state index contributed by atoms with van der Waals surface area (Å²) in [7, 11) is 1.59. The first-order valence-corrected chi connectivity index (χ1v) is 4.24. The fraction of sp³-hybridized carbons (Fsp3) is 0.750. The van der Waals surface area contributed by atoms with Crippen molar-refractivity contribution in [3.05, 3.63) is 11.7 Å². The van der Waals surface area contributed by atoms with Crippen LogP contribution >= 0.6 is 0 Å². The molecule has 0 aliphatic rings. The van der Waals surface area contributed by atoms with Crippen molar-refractivity contribution in [2.24, 2.45) is 0 Å². The number of ether oxygens (including phenoxy) is 1. The second-order valence-electron chi connectivity index (χ2n) is 2.75. The molecule has 0 saturated heterocycles.